The first-order chi connectivity index (χ1) is 11.1. The SMILES string of the molecule is CCC(=O)OC1(/C=C/C#N)CCN(C(=O)OC(C)(C)C)CCC1=O. The molecule has 0 aliphatic carbocycles. The Morgan fingerprint density at radius 2 is 2.04 bits per heavy atom. The van der Waals surface area contributed by atoms with Gasteiger partial charge >= 0.3 is 12.1 Å². The minimum Gasteiger partial charge on any atom is -0.447 e. The van der Waals surface area contributed by atoms with Crippen LogP contribution in [-0.4, -0.2) is 47.0 Å². The first kappa shape index (κ1) is 19.7. The number of nitrogens with zero attached hydrogens (tertiary/aromatic N) is 2. The van der Waals surface area contributed by atoms with E-state index in [1.807, 2.05) is 6.07 Å². The predicted octanol–water partition coefficient (Wildman–Crippen LogP) is 2.36. The number of Topliss-reactive ketones (excluding diaryl/α,β-unsaturated/α-hetero) is 1. The molecule has 0 aromatic carbocycles. The smallest absolute Gasteiger partial charge is 0.410 e. The third kappa shape index (κ3) is 5.37. The van der Waals surface area contributed by atoms with Crippen molar-refractivity contribution in [1.29, 1.82) is 5.26 Å². The van der Waals surface area contributed by atoms with E-state index in [1.54, 1.807) is 27.7 Å². The monoisotopic (exact) mass is 336 g/mol. The average molecular weight is 336 g/mol. The lowest BCUT2D eigenvalue weighted by Crippen LogP contribution is -2.42. The van der Waals surface area contributed by atoms with Crippen molar-refractivity contribution in [2.75, 3.05) is 13.1 Å². The van der Waals surface area contributed by atoms with Crippen LogP contribution in [0.4, 0.5) is 4.79 Å². The molecule has 24 heavy (non-hydrogen) atoms. The summed E-state index contributed by atoms with van der Waals surface area (Å²) in [6, 6.07) is 1.81. The molecule has 1 unspecified atom stereocenters. The minimum atomic E-state index is -1.50. The summed E-state index contributed by atoms with van der Waals surface area (Å²) in [4.78, 5) is 37.9. The van der Waals surface area contributed by atoms with Crippen LogP contribution in [0.3, 0.4) is 0 Å². The molecule has 1 amide bonds. The molecule has 1 atom stereocenters. The van der Waals surface area contributed by atoms with Gasteiger partial charge < -0.3 is 14.4 Å². The molecule has 1 heterocycles. The number of ketones is 1. The number of carbonyl (C=O) groups excluding carboxylic acids is 3. The molecule has 0 aromatic heterocycles. The van der Waals surface area contributed by atoms with E-state index in [2.05, 4.69) is 0 Å². The van der Waals surface area contributed by atoms with Gasteiger partial charge in [-0.3, -0.25) is 9.59 Å². The normalized spacial score (nSPS) is 22.0. The zero-order chi connectivity index (χ0) is 18.4. The number of allylic oxidation sites excluding steroid dienone is 1. The highest BCUT2D eigenvalue weighted by molar-refractivity contribution is 5.92. The van der Waals surface area contributed by atoms with E-state index in [1.165, 1.54) is 11.0 Å². The largest absolute Gasteiger partial charge is 0.447 e. The fourth-order valence-corrected chi connectivity index (χ4v) is 2.27. The molecule has 132 valence electrons. The molecule has 0 saturated carbocycles. The van der Waals surface area contributed by atoms with Crippen LogP contribution in [0.5, 0.6) is 0 Å². The highest BCUT2D eigenvalue weighted by Crippen LogP contribution is 2.27. The zero-order valence-corrected chi connectivity index (χ0v) is 14.6. The van der Waals surface area contributed by atoms with Gasteiger partial charge in [0.25, 0.3) is 0 Å². The van der Waals surface area contributed by atoms with Crippen LogP contribution in [0.25, 0.3) is 0 Å². The topological polar surface area (TPSA) is 96.7 Å². The van der Waals surface area contributed by atoms with E-state index in [0.717, 1.165) is 6.08 Å². The van der Waals surface area contributed by atoms with Gasteiger partial charge in [-0.15, -0.1) is 0 Å². The number of ether oxygens (including phenoxy) is 2. The van der Waals surface area contributed by atoms with Gasteiger partial charge in [0.05, 0.1) is 6.07 Å². The molecular formula is C17H24N2O5. The van der Waals surface area contributed by atoms with Crippen molar-refractivity contribution in [1.82, 2.24) is 4.90 Å². The van der Waals surface area contributed by atoms with Gasteiger partial charge in [0.15, 0.2) is 11.4 Å². The molecule has 1 fully saturated rings. The lowest BCUT2D eigenvalue weighted by molar-refractivity contribution is -0.162. The Bertz CT molecular complexity index is 571. The quantitative estimate of drug-likeness (QED) is 0.580. The Labute approximate surface area is 142 Å². The summed E-state index contributed by atoms with van der Waals surface area (Å²) in [5.74, 6) is -0.862. The summed E-state index contributed by atoms with van der Waals surface area (Å²) in [5, 5.41) is 8.75. The molecule has 0 spiro atoms. The lowest BCUT2D eigenvalue weighted by atomic mass is 9.92. The third-order valence-electron chi connectivity index (χ3n) is 3.50. The van der Waals surface area contributed by atoms with Gasteiger partial charge in [-0.1, -0.05) is 6.92 Å². The molecule has 0 radical (unpaired) electrons. The third-order valence-corrected chi connectivity index (χ3v) is 3.50. The van der Waals surface area contributed by atoms with Gasteiger partial charge in [-0.05, 0) is 26.8 Å². The number of amides is 1. The van der Waals surface area contributed by atoms with Gasteiger partial charge in [0.2, 0.25) is 0 Å². The average Bonchev–Trinajstić information content (AvgIpc) is 2.64. The number of carbonyl (C=O) groups is 3. The number of likely N-dealkylation sites (tertiary alicyclic amines) is 1. The molecule has 0 N–H and O–H groups in total. The van der Waals surface area contributed by atoms with Crippen LogP contribution in [0, 0.1) is 11.3 Å². The summed E-state index contributed by atoms with van der Waals surface area (Å²) in [6.07, 6.45) is 2.15. The Morgan fingerprint density at radius 3 is 2.58 bits per heavy atom. The van der Waals surface area contributed by atoms with Crippen molar-refractivity contribution >= 4 is 17.8 Å². The van der Waals surface area contributed by atoms with Crippen LogP contribution < -0.4 is 0 Å². The first-order valence-corrected chi connectivity index (χ1v) is 7.94. The molecular weight excluding hydrogens is 312 g/mol. The van der Waals surface area contributed by atoms with E-state index in [4.69, 9.17) is 14.7 Å². The summed E-state index contributed by atoms with van der Waals surface area (Å²) in [7, 11) is 0. The van der Waals surface area contributed by atoms with Crippen LogP contribution in [0.1, 0.15) is 47.0 Å². The van der Waals surface area contributed by atoms with Gasteiger partial charge in [0, 0.05) is 38.4 Å². The summed E-state index contributed by atoms with van der Waals surface area (Å²) in [5.41, 5.74) is -2.14. The molecule has 0 bridgehead atoms. The highest BCUT2D eigenvalue weighted by atomic mass is 16.6. The van der Waals surface area contributed by atoms with Crippen molar-refractivity contribution < 1.29 is 23.9 Å². The van der Waals surface area contributed by atoms with E-state index in [9.17, 15) is 14.4 Å². The molecule has 1 rings (SSSR count). The van der Waals surface area contributed by atoms with Crippen LogP contribution in [0.2, 0.25) is 0 Å². The molecule has 1 aliphatic heterocycles. The van der Waals surface area contributed by atoms with Crippen molar-refractivity contribution in [2.24, 2.45) is 0 Å². The van der Waals surface area contributed by atoms with Gasteiger partial charge in [-0.25, -0.2) is 4.79 Å². The fourth-order valence-electron chi connectivity index (χ4n) is 2.27. The Hall–Kier alpha value is -2.36. The second kappa shape index (κ2) is 7.95. The maximum atomic E-state index is 12.5. The lowest BCUT2D eigenvalue weighted by Gasteiger charge is -2.28. The number of hydrogen-bond acceptors (Lipinski definition) is 6. The van der Waals surface area contributed by atoms with Crippen molar-refractivity contribution in [3.05, 3.63) is 12.2 Å². The van der Waals surface area contributed by atoms with Crippen molar-refractivity contribution in [3.8, 4) is 6.07 Å². The standard InChI is InChI=1S/C17H24N2O5/c1-5-14(21)23-17(8-6-10-18)9-12-19(11-7-13(17)20)15(22)24-16(2,3)4/h6,8H,5,7,9,11-12H2,1-4H3/b8-6+. The predicted molar refractivity (Wildman–Crippen MR) is 85.9 cm³/mol. The zero-order valence-electron chi connectivity index (χ0n) is 14.6. The molecule has 1 aliphatic rings. The highest BCUT2D eigenvalue weighted by Gasteiger charge is 2.42. The summed E-state index contributed by atoms with van der Waals surface area (Å²) in [6.45, 7) is 7.27. The Balaban J connectivity index is 2.99. The number of esters is 1. The number of nitriles is 1. The van der Waals surface area contributed by atoms with E-state index < -0.39 is 23.3 Å². The van der Waals surface area contributed by atoms with Crippen molar-refractivity contribution in [2.45, 2.75) is 58.2 Å². The van der Waals surface area contributed by atoms with Crippen LogP contribution in [-0.2, 0) is 19.1 Å². The second-order valence-corrected chi connectivity index (χ2v) is 6.57. The fraction of sp³-hybridized carbons (Fsp3) is 0.647. The second-order valence-electron chi connectivity index (χ2n) is 6.57. The van der Waals surface area contributed by atoms with Crippen LogP contribution >= 0.6 is 0 Å². The van der Waals surface area contributed by atoms with Gasteiger partial charge in [0.1, 0.15) is 5.60 Å². The Morgan fingerprint density at radius 1 is 1.38 bits per heavy atom. The number of hydrogen-bond donors (Lipinski definition) is 0. The maximum absolute atomic E-state index is 12.5. The van der Waals surface area contributed by atoms with E-state index >= 15 is 0 Å². The minimum absolute atomic E-state index is 0.0198. The number of rotatable bonds is 3. The van der Waals surface area contributed by atoms with Crippen LogP contribution in [0.15, 0.2) is 12.2 Å². The molecule has 7 heteroatoms. The summed E-state index contributed by atoms with van der Waals surface area (Å²) >= 11 is 0. The van der Waals surface area contributed by atoms with E-state index in [-0.39, 0.29) is 38.1 Å². The van der Waals surface area contributed by atoms with Gasteiger partial charge in [-0.2, -0.15) is 5.26 Å². The molecule has 1 saturated heterocycles. The van der Waals surface area contributed by atoms with Crippen molar-refractivity contribution in [3.63, 3.8) is 0 Å². The first-order valence-electron chi connectivity index (χ1n) is 7.94. The summed E-state index contributed by atoms with van der Waals surface area (Å²) < 4.78 is 10.7. The molecule has 7 nitrogen and oxygen atoms in total. The molecule has 0 aromatic rings. The van der Waals surface area contributed by atoms with E-state index in [0.29, 0.717) is 0 Å². The Kier molecular flexibility index (Phi) is 6.52. The maximum Gasteiger partial charge on any atom is 0.410 e.